The van der Waals surface area contributed by atoms with Gasteiger partial charge in [0.2, 0.25) is 0 Å². The van der Waals surface area contributed by atoms with Gasteiger partial charge in [-0.2, -0.15) is 0 Å². The lowest BCUT2D eigenvalue weighted by Gasteiger charge is -2.50. The number of phenolic OH excluding ortho intramolecular Hbond substituents is 1. The number of nitrogens with zero attached hydrogens (tertiary/aromatic N) is 1. The van der Waals surface area contributed by atoms with Gasteiger partial charge >= 0.3 is 5.97 Å². The highest BCUT2D eigenvalue weighted by molar-refractivity contribution is 5.89. The Kier molecular flexibility index (Phi) is 5.35. The van der Waals surface area contributed by atoms with Crippen LogP contribution in [-0.4, -0.2) is 28.6 Å². The minimum absolute atomic E-state index is 0.0265. The molecule has 31 heavy (non-hydrogen) atoms. The van der Waals surface area contributed by atoms with Crippen molar-refractivity contribution in [3.8, 4) is 5.75 Å². The zero-order valence-corrected chi connectivity index (χ0v) is 18.8. The predicted octanol–water partition coefficient (Wildman–Crippen LogP) is 5.67. The van der Waals surface area contributed by atoms with E-state index in [2.05, 4.69) is 37.1 Å². The average Bonchev–Trinajstić information content (AvgIpc) is 3.10. The van der Waals surface area contributed by atoms with E-state index in [0.717, 1.165) is 50.6 Å². The van der Waals surface area contributed by atoms with Crippen LogP contribution in [0, 0.1) is 17.3 Å². The van der Waals surface area contributed by atoms with Gasteiger partial charge in [-0.1, -0.05) is 26.0 Å². The second-order valence-corrected chi connectivity index (χ2v) is 10.3. The second kappa shape index (κ2) is 8.03. The van der Waals surface area contributed by atoms with Crippen molar-refractivity contribution in [3.63, 3.8) is 0 Å². The molecular weight excluding hydrogens is 386 g/mol. The number of rotatable bonds is 4. The molecule has 0 aromatic heterocycles. The SMILES string of the molecule is CCCN1C=CCC(C(=O)O[C@H]2CC[C@H]3[C@@H]4CCc5cc(O)ccc5[C@H]4CC[C@]23C)=C1. The Morgan fingerprint density at radius 2 is 2.13 bits per heavy atom. The van der Waals surface area contributed by atoms with Gasteiger partial charge in [-0.3, -0.25) is 0 Å². The lowest BCUT2D eigenvalue weighted by molar-refractivity contribution is -0.153. The molecule has 4 aliphatic rings. The van der Waals surface area contributed by atoms with E-state index >= 15 is 0 Å². The molecule has 2 saturated carbocycles. The molecule has 4 heteroatoms. The van der Waals surface area contributed by atoms with Crippen LogP contribution in [-0.2, 0) is 16.0 Å². The fourth-order valence-electron chi connectivity index (χ4n) is 7.06. The number of benzene rings is 1. The molecule has 5 atom stereocenters. The fraction of sp³-hybridized carbons (Fsp3) is 0.593. The normalized spacial score (nSPS) is 33.9. The first-order chi connectivity index (χ1) is 15.0. The second-order valence-electron chi connectivity index (χ2n) is 10.3. The molecule has 3 aliphatic carbocycles. The Bertz CT molecular complexity index is 919. The maximum atomic E-state index is 13.0. The number of phenols is 1. The van der Waals surface area contributed by atoms with Crippen LogP contribution in [0.3, 0.4) is 0 Å². The van der Waals surface area contributed by atoms with E-state index in [9.17, 15) is 9.90 Å². The molecule has 0 bridgehead atoms. The summed E-state index contributed by atoms with van der Waals surface area (Å²) in [4.78, 5) is 15.1. The highest BCUT2D eigenvalue weighted by Crippen LogP contribution is 2.61. The van der Waals surface area contributed by atoms with E-state index in [1.807, 2.05) is 18.3 Å². The fourth-order valence-corrected chi connectivity index (χ4v) is 7.06. The maximum Gasteiger partial charge on any atom is 0.336 e. The van der Waals surface area contributed by atoms with Crippen molar-refractivity contribution >= 4 is 5.97 Å². The predicted molar refractivity (Wildman–Crippen MR) is 121 cm³/mol. The van der Waals surface area contributed by atoms with Crippen molar-refractivity contribution in [2.75, 3.05) is 6.54 Å². The van der Waals surface area contributed by atoms with Crippen molar-refractivity contribution < 1.29 is 14.6 Å². The van der Waals surface area contributed by atoms with Crippen molar-refractivity contribution in [3.05, 3.63) is 53.4 Å². The minimum atomic E-state index is -0.121. The molecule has 0 unspecified atom stereocenters. The highest BCUT2D eigenvalue weighted by Gasteiger charge is 2.56. The third kappa shape index (κ3) is 3.58. The van der Waals surface area contributed by atoms with Gasteiger partial charge in [0.05, 0.1) is 5.57 Å². The molecule has 1 heterocycles. The molecule has 0 radical (unpaired) electrons. The summed E-state index contributed by atoms with van der Waals surface area (Å²) in [5.74, 6) is 2.13. The Hall–Kier alpha value is -2.23. The first-order valence-electron chi connectivity index (χ1n) is 12.2. The molecule has 166 valence electrons. The van der Waals surface area contributed by atoms with Crippen LogP contribution in [0.25, 0.3) is 0 Å². The van der Waals surface area contributed by atoms with E-state index in [4.69, 9.17) is 4.74 Å². The number of esters is 1. The Morgan fingerprint density at radius 3 is 2.97 bits per heavy atom. The number of carbonyl (C=O) groups excluding carboxylic acids is 1. The van der Waals surface area contributed by atoms with Crippen LogP contribution in [0.15, 0.2) is 42.2 Å². The van der Waals surface area contributed by atoms with Gasteiger partial charge in [0.15, 0.2) is 0 Å². The van der Waals surface area contributed by atoms with Crippen LogP contribution in [0.4, 0.5) is 0 Å². The van der Waals surface area contributed by atoms with Gasteiger partial charge in [-0.25, -0.2) is 4.79 Å². The summed E-state index contributed by atoms with van der Waals surface area (Å²) in [7, 11) is 0. The molecule has 0 saturated heterocycles. The van der Waals surface area contributed by atoms with Crippen LogP contribution >= 0.6 is 0 Å². The van der Waals surface area contributed by atoms with Gasteiger partial charge in [0, 0.05) is 24.6 Å². The van der Waals surface area contributed by atoms with Crippen LogP contribution in [0.5, 0.6) is 5.75 Å². The molecule has 0 amide bonds. The summed E-state index contributed by atoms with van der Waals surface area (Å²) >= 11 is 0. The number of fused-ring (bicyclic) bond motifs is 5. The van der Waals surface area contributed by atoms with Gasteiger partial charge < -0.3 is 14.7 Å². The standard InChI is InChI=1S/C27H35NO3/c1-3-14-28-15-4-5-19(17-28)26(30)31-25-11-10-24-23-8-6-18-16-20(29)7-9-21(18)22(23)12-13-27(24,25)2/h4,7,9,15-17,22-25,29H,3,5-6,8,10-14H2,1-2H3/t22-,23-,24+,25+,27+/m1/s1. The van der Waals surface area contributed by atoms with Crippen molar-refractivity contribution in [1.82, 2.24) is 4.90 Å². The summed E-state index contributed by atoms with van der Waals surface area (Å²) in [6.07, 6.45) is 14.5. The lowest BCUT2D eigenvalue weighted by Crippen LogP contribution is -2.45. The zero-order chi connectivity index (χ0) is 21.6. The van der Waals surface area contributed by atoms with Gasteiger partial charge in [-0.15, -0.1) is 0 Å². The Morgan fingerprint density at radius 1 is 1.26 bits per heavy atom. The summed E-state index contributed by atoms with van der Waals surface area (Å²) in [6.45, 7) is 5.46. The van der Waals surface area contributed by atoms with E-state index in [1.165, 1.54) is 17.5 Å². The first-order valence-corrected chi connectivity index (χ1v) is 12.2. The molecular formula is C27H35NO3. The summed E-state index contributed by atoms with van der Waals surface area (Å²) in [5, 5.41) is 9.89. The van der Waals surface area contributed by atoms with Crippen molar-refractivity contribution in [1.29, 1.82) is 0 Å². The number of hydrogen-bond acceptors (Lipinski definition) is 4. The number of aromatic hydroxyl groups is 1. The number of allylic oxidation sites excluding steroid dienone is 1. The molecule has 5 rings (SSSR count). The van der Waals surface area contributed by atoms with E-state index in [0.29, 0.717) is 29.9 Å². The first kappa shape index (κ1) is 20.7. The van der Waals surface area contributed by atoms with Gasteiger partial charge in [0.25, 0.3) is 0 Å². The zero-order valence-electron chi connectivity index (χ0n) is 18.8. The average molecular weight is 422 g/mol. The topological polar surface area (TPSA) is 49.8 Å². The quantitative estimate of drug-likeness (QED) is 0.636. The van der Waals surface area contributed by atoms with Gasteiger partial charge in [0.1, 0.15) is 11.9 Å². The van der Waals surface area contributed by atoms with Crippen molar-refractivity contribution in [2.24, 2.45) is 17.3 Å². The number of carbonyl (C=O) groups is 1. The molecule has 1 N–H and O–H groups in total. The molecule has 2 fully saturated rings. The molecule has 1 aliphatic heterocycles. The van der Waals surface area contributed by atoms with Crippen LogP contribution < -0.4 is 0 Å². The third-order valence-corrected chi connectivity index (χ3v) is 8.57. The van der Waals surface area contributed by atoms with E-state index in [-0.39, 0.29) is 17.5 Å². The smallest absolute Gasteiger partial charge is 0.336 e. The third-order valence-electron chi connectivity index (χ3n) is 8.57. The molecule has 0 spiro atoms. The molecule has 4 nitrogen and oxygen atoms in total. The molecule has 1 aromatic rings. The van der Waals surface area contributed by atoms with Crippen LogP contribution in [0.1, 0.15) is 75.8 Å². The maximum absolute atomic E-state index is 13.0. The Labute approximate surface area is 186 Å². The number of hydrogen-bond donors (Lipinski definition) is 1. The van der Waals surface area contributed by atoms with E-state index in [1.54, 1.807) is 0 Å². The number of ether oxygens (including phenoxy) is 1. The summed E-state index contributed by atoms with van der Waals surface area (Å²) in [6, 6.07) is 5.97. The van der Waals surface area contributed by atoms with Crippen LogP contribution in [0.2, 0.25) is 0 Å². The monoisotopic (exact) mass is 421 g/mol. The summed E-state index contributed by atoms with van der Waals surface area (Å²) < 4.78 is 6.21. The highest BCUT2D eigenvalue weighted by atomic mass is 16.5. The molecule has 1 aromatic carbocycles. The lowest BCUT2D eigenvalue weighted by atomic mass is 9.55. The number of aryl methyl sites for hydroxylation is 1. The van der Waals surface area contributed by atoms with Crippen molar-refractivity contribution in [2.45, 2.75) is 77.2 Å². The Balaban J connectivity index is 1.31. The minimum Gasteiger partial charge on any atom is -0.508 e. The summed E-state index contributed by atoms with van der Waals surface area (Å²) in [5.41, 5.74) is 3.65. The largest absolute Gasteiger partial charge is 0.508 e. The van der Waals surface area contributed by atoms with E-state index < -0.39 is 0 Å². The van der Waals surface area contributed by atoms with Gasteiger partial charge in [-0.05, 0) is 92.2 Å².